The molecular weight excluding hydrogens is 140 g/mol. The summed E-state index contributed by atoms with van der Waals surface area (Å²) >= 11 is 0. The van der Waals surface area contributed by atoms with Crippen molar-refractivity contribution in [2.24, 2.45) is 5.92 Å². The van der Waals surface area contributed by atoms with Crippen LogP contribution in [-0.2, 0) is 9.53 Å². The molecule has 2 nitrogen and oxygen atoms in total. The van der Waals surface area contributed by atoms with Crippen molar-refractivity contribution in [1.82, 2.24) is 0 Å². The molecule has 0 aliphatic heterocycles. The van der Waals surface area contributed by atoms with Gasteiger partial charge in [0.15, 0.2) is 0 Å². The number of rotatable bonds is 5. The first-order valence-corrected chi connectivity index (χ1v) is 4.01. The van der Waals surface area contributed by atoms with Gasteiger partial charge < -0.3 is 4.74 Å². The highest BCUT2D eigenvalue weighted by Gasteiger charge is 2.07. The minimum Gasteiger partial charge on any atom is -0.435 e. The molecule has 1 unspecified atom stereocenters. The number of ether oxygens (including phenoxy) is 1. The van der Waals surface area contributed by atoms with Gasteiger partial charge in [-0.2, -0.15) is 0 Å². The molecule has 0 saturated carbocycles. The van der Waals surface area contributed by atoms with Crippen molar-refractivity contribution in [3.63, 3.8) is 0 Å². The van der Waals surface area contributed by atoms with E-state index in [0.29, 0.717) is 12.3 Å². The van der Waals surface area contributed by atoms with Crippen LogP contribution < -0.4 is 0 Å². The van der Waals surface area contributed by atoms with E-state index in [2.05, 4.69) is 18.2 Å². The molecule has 0 aromatic rings. The van der Waals surface area contributed by atoms with Gasteiger partial charge in [-0.05, 0) is 5.92 Å². The van der Waals surface area contributed by atoms with Crippen LogP contribution in [0.5, 0.6) is 0 Å². The highest BCUT2D eigenvalue weighted by atomic mass is 16.5. The summed E-state index contributed by atoms with van der Waals surface area (Å²) in [6.45, 7) is 7.47. The fraction of sp³-hybridized carbons (Fsp3) is 0.667. The Bertz CT molecular complexity index is 130. The van der Waals surface area contributed by atoms with Crippen molar-refractivity contribution in [1.29, 1.82) is 0 Å². The lowest BCUT2D eigenvalue weighted by Gasteiger charge is -2.06. The first-order valence-electron chi connectivity index (χ1n) is 4.01. The van der Waals surface area contributed by atoms with Crippen LogP contribution in [0.4, 0.5) is 0 Å². The Morgan fingerprint density at radius 2 is 2.36 bits per heavy atom. The van der Waals surface area contributed by atoms with Gasteiger partial charge in [-0.3, -0.25) is 4.79 Å². The van der Waals surface area contributed by atoms with Crippen molar-refractivity contribution in [3.05, 3.63) is 12.8 Å². The van der Waals surface area contributed by atoms with E-state index < -0.39 is 0 Å². The highest BCUT2D eigenvalue weighted by Crippen LogP contribution is 2.10. The number of esters is 1. The number of hydrogen-bond donors (Lipinski definition) is 0. The zero-order valence-corrected chi connectivity index (χ0v) is 7.30. The quantitative estimate of drug-likeness (QED) is 0.451. The molecule has 2 heteroatoms. The Labute approximate surface area is 68.2 Å². The first kappa shape index (κ1) is 10.2. The Morgan fingerprint density at radius 3 is 2.82 bits per heavy atom. The fourth-order valence-corrected chi connectivity index (χ4v) is 1.02. The zero-order valence-electron chi connectivity index (χ0n) is 7.30. The summed E-state index contributed by atoms with van der Waals surface area (Å²) < 4.78 is 4.58. The van der Waals surface area contributed by atoms with Gasteiger partial charge in [0.2, 0.25) is 0 Å². The molecule has 0 spiro atoms. The van der Waals surface area contributed by atoms with Crippen LogP contribution in [0, 0.1) is 5.92 Å². The van der Waals surface area contributed by atoms with Gasteiger partial charge in [0, 0.05) is 6.42 Å². The first-order chi connectivity index (χ1) is 5.20. The molecule has 0 radical (unpaired) electrons. The summed E-state index contributed by atoms with van der Waals surface area (Å²) in [5.74, 6) is 0.244. The lowest BCUT2D eigenvalue weighted by atomic mass is 10.0. The molecule has 0 fully saturated rings. The Kier molecular flexibility index (Phi) is 5.53. The van der Waals surface area contributed by atoms with Gasteiger partial charge in [-0.25, -0.2) is 0 Å². The summed E-state index contributed by atoms with van der Waals surface area (Å²) in [6.07, 6.45) is 3.87. The molecule has 11 heavy (non-hydrogen) atoms. The molecule has 0 bridgehead atoms. The summed E-state index contributed by atoms with van der Waals surface area (Å²) in [7, 11) is 0. The molecule has 0 rings (SSSR count). The van der Waals surface area contributed by atoms with Crippen molar-refractivity contribution in [2.45, 2.75) is 33.1 Å². The largest absolute Gasteiger partial charge is 0.435 e. The van der Waals surface area contributed by atoms with Crippen molar-refractivity contribution < 1.29 is 9.53 Å². The highest BCUT2D eigenvalue weighted by molar-refractivity contribution is 5.70. The summed E-state index contributed by atoms with van der Waals surface area (Å²) in [5, 5.41) is 0. The minimum absolute atomic E-state index is 0.180. The van der Waals surface area contributed by atoms with Gasteiger partial charge in [0.25, 0.3) is 0 Å². The van der Waals surface area contributed by atoms with Crippen LogP contribution in [0.25, 0.3) is 0 Å². The molecule has 0 amide bonds. The van der Waals surface area contributed by atoms with Crippen LogP contribution in [-0.4, -0.2) is 5.97 Å². The average Bonchev–Trinajstić information content (AvgIpc) is 1.87. The number of hydrogen-bond acceptors (Lipinski definition) is 2. The third-order valence-electron chi connectivity index (χ3n) is 1.51. The van der Waals surface area contributed by atoms with Gasteiger partial charge in [0.1, 0.15) is 0 Å². The zero-order chi connectivity index (χ0) is 8.69. The minimum atomic E-state index is -0.180. The molecule has 0 aromatic carbocycles. The normalized spacial score (nSPS) is 12.2. The van der Waals surface area contributed by atoms with Crippen LogP contribution in [0.3, 0.4) is 0 Å². The van der Waals surface area contributed by atoms with E-state index in [1.807, 2.05) is 6.92 Å². The summed E-state index contributed by atoms with van der Waals surface area (Å²) in [6, 6.07) is 0. The number of carbonyl (C=O) groups excluding carboxylic acids is 1. The van der Waals surface area contributed by atoms with Crippen molar-refractivity contribution >= 4 is 5.97 Å². The maximum atomic E-state index is 10.8. The van der Waals surface area contributed by atoms with E-state index in [4.69, 9.17) is 0 Å². The molecular formula is C9H16O2. The Morgan fingerprint density at radius 1 is 1.73 bits per heavy atom. The van der Waals surface area contributed by atoms with E-state index in [0.717, 1.165) is 12.8 Å². The predicted octanol–water partition coefficient (Wildman–Crippen LogP) is 2.50. The van der Waals surface area contributed by atoms with Gasteiger partial charge in [0.05, 0.1) is 6.26 Å². The molecule has 0 aliphatic carbocycles. The maximum Gasteiger partial charge on any atom is 0.310 e. The van der Waals surface area contributed by atoms with E-state index in [9.17, 15) is 4.79 Å². The van der Waals surface area contributed by atoms with E-state index in [1.165, 1.54) is 6.26 Å². The van der Waals surface area contributed by atoms with Crippen LogP contribution >= 0.6 is 0 Å². The van der Waals surface area contributed by atoms with E-state index in [-0.39, 0.29) is 5.97 Å². The van der Waals surface area contributed by atoms with E-state index >= 15 is 0 Å². The lowest BCUT2D eigenvalue weighted by Crippen LogP contribution is -2.06. The molecule has 0 saturated heterocycles. The van der Waals surface area contributed by atoms with E-state index in [1.54, 1.807) is 0 Å². The maximum absolute atomic E-state index is 10.8. The topological polar surface area (TPSA) is 26.3 Å². The third-order valence-corrected chi connectivity index (χ3v) is 1.51. The lowest BCUT2D eigenvalue weighted by molar-refractivity contribution is -0.138. The molecule has 1 atom stereocenters. The molecule has 0 N–H and O–H groups in total. The fourth-order valence-electron chi connectivity index (χ4n) is 1.02. The Hall–Kier alpha value is -0.790. The van der Waals surface area contributed by atoms with Crippen molar-refractivity contribution in [2.75, 3.05) is 0 Å². The monoisotopic (exact) mass is 156 g/mol. The van der Waals surface area contributed by atoms with Crippen LogP contribution in [0.2, 0.25) is 0 Å². The van der Waals surface area contributed by atoms with Gasteiger partial charge in [-0.1, -0.05) is 33.3 Å². The SMILES string of the molecule is C=COC(=O)CC(C)CCC. The standard InChI is InChI=1S/C9H16O2/c1-4-6-8(3)7-9(10)11-5-2/h5,8H,2,4,6-7H2,1,3H3. The second-order valence-electron chi connectivity index (χ2n) is 2.75. The molecule has 64 valence electrons. The van der Waals surface area contributed by atoms with Crippen LogP contribution in [0.15, 0.2) is 12.8 Å². The van der Waals surface area contributed by atoms with Crippen LogP contribution in [0.1, 0.15) is 33.1 Å². The molecule has 0 aromatic heterocycles. The second-order valence-corrected chi connectivity index (χ2v) is 2.75. The van der Waals surface area contributed by atoms with Crippen molar-refractivity contribution in [3.8, 4) is 0 Å². The third kappa shape index (κ3) is 5.64. The molecule has 0 heterocycles. The van der Waals surface area contributed by atoms with Gasteiger partial charge >= 0.3 is 5.97 Å². The second kappa shape index (κ2) is 5.96. The smallest absolute Gasteiger partial charge is 0.310 e. The van der Waals surface area contributed by atoms with Gasteiger partial charge in [-0.15, -0.1) is 0 Å². The summed E-state index contributed by atoms with van der Waals surface area (Å²) in [4.78, 5) is 10.8. The molecule has 0 aliphatic rings. The summed E-state index contributed by atoms with van der Waals surface area (Å²) in [5.41, 5.74) is 0. The Balaban J connectivity index is 3.48. The number of carbonyl (C=O) groups is 1. The average molecular weight is 156 g/mol. The predicted molar refractivity (Wildman–Crippen MR) is 45.0 cm³/mol.